The van der Waals surface area contributed by atoms with E-state index in [4.69, 9.17) is 9.26 Å². The fourth-order valence-electron chi connectivity index (χ4n) is 1.15. The van der Waals surface area contributed by atoms with Gasteiger partial charge in [0, 0.05) is 26.0 Å². The summed E-state index contributed by atoms with van der Waals surface area (Å²) in [6, 6.07) is 0.334. The molecule has 0 atom stereocenters. The minimum absolute atomic E-state index is 0.334. The molecule has 0 aliphatic rings. The van der Waals surface area contributed by atoms with Crippen LogP contribution >= 0.6 is 0 Å². The van der Waals surface area contributed by atoms with Gasteiger partial charge in [-0.05, 0) is 12.5 Å². The van der Waals surface area contributed by atoms with Crippen LogP contribution in [0.2, 0.25) is 0 Å². The van der Waals surface area contributed by atoms with Gasteiger partial charge in [-0.2, -0.15) is 4.98 Å². The average molecular weight is 235 g/mol. The molecule has 0 saturated carbocycles. The zero-order valence-corrected chi connectivity index (χ0v) is 9.67. The Labute approximate surface area is 98.2 Å². The van der Waals surface area contributed by atoms with E-state index >= 15 is 0 Å². The molecule has 2 aromatic rings. The molecule has 0 saturated heterocycles. The van der Waals surface area contributed by atoms with Gasteiger partial charge in [-0.3, -0.25) is 0 Å². The van der Waals surface area contributed by atoms with Gasteiger partial charge in [-0.15, -0.1) is 0 Å². The fourth-order valence-corrected chi connectivity index (χ4v) is 1.15. The summed E-state index contributed by atoms with van der Waals surface area (Å²) in [7, 11) is 1.63. The van der Waals surface area contributed by atoms with E-state index in [1.807, 2.05) is 6.92 Å². The van der Waals surface area contributed by atoms with Gasteiger partial charge in [0.1, 0.15) is 0 Å². The predicted octanol–water partition coefficient (Wildman–Crippen LogP) is 0.893. The van der Waals surface area contributed by atoms with E-state index in [2.05, 4.69) is 25.4 Å². The van der Waals surface area contributed by atoms with Crippen LogP contribution in [0.25, 0.3) is 11.6 Å². The van der Waals surface area contributed by atoms with E-state index in [1.165, 1.54) is 0 Å². The summed E-state index contributed by atoms with van der Waals surface area (Å²) in [6.45, 7) is 3.09. The number of methoxy groups -OCH3 is 1. The third-order valence-corrected chi connectivity index (χ3v) is 1.99. The van der Waals surface area contributed by atoms with Gasteiger partial charge >= 0.3 is 6.01 Å². The van der Waals surface area contributed by atoms with E-state index in [1.54, 1.807) is 19.5 Å². The second-order valence-electron chi connectivity index (χ2n) is 3.43. The molecule has 90 valence electrons. The maximum atomic E-state index is 4.99. The summed E-state index contributed by atoms with van der Waals surface area (Å²) in [5.74, 6) is 0.809. The highest BCUT2D eigenvalue weighted by molar-refractivity contribution is 5.43. The summed E-state index contributed by atoms with van der Waals surface area (Å²) in [6.07, 6.45) is 3.41. The zero-order valence-electron chi connectivity index (χ0n) is 9.67. The topological polar surface area (TPSA) is 86.0 Å². The Morgan fingerprint density at radius 2 is 2.06 bits per heavy atom. The van der Waals surface area contributed by atoms with Gasteiger partial charge in [0.05, 0.1) is 6.61 Å². The third-order valence-electron chi connectivity index (χ3n) is 1.99. The van der Waals surface area contributed by atoms with Crippen molar-refractivity contribution in [2.45, 2.75) is 6.92 Å². The molecular formula is C10H13N5O2. The highest BCUT2D eigenvalue weighted by Gasteiger charge is 2.10. The lowest BCUT2D eigenvalue weighted by atomic mass is 10.4. The molecule has 0 bridgehead atoms. The van der Waals surface area contributed by atoms with Crippen LogP contribution in [0, 0.1) is 6.92 Å². The standard InChI is InChI=1S/C10H13N5O2/c1-7-5-12-8(13-6-7)9-14-10(17-15-9)11-3-4-16-2/h5-6H,3-4H2,1-2H3,(H,11,14,15). The summed E-state index contributed by atoms with van der Waals surface area (Å²) in [5, 5.41) is 6.71. The molecule has 17 heavy (non-hydrogen) atoms. The van der Waals surface area contributed by atoms with E-state index < -0.39 is 0 Å². The Bertz CT molecular complexity index is 468. The first-order valence-corrected chi connectivity index (χ1v) is 5.15. The molecular weight excluding hydrogens is 222 g/mol. The molecule has 0 amide bonds. The minimum Gasteiger partial charge on any atom is -0.383 e. The van der Waals surface area contributed by atoms with Crippen LogP contribution < -0.4 is 5.32 Å². The lowest BCUT2D eigenvalue weighted by molar-refractivity contribution is 0.210. The molecule has 0 unspecified atom stereocenters. The van der Waals surface area contributed by atoms with Crippen molar-refractivity contribution in [3.05, 3.63) is 18.0 Å². The monoisotopic (exact) mass is 235 g/mol. The van der Waals surface area contributed by atoms with Gasteiger partial charge in [0.25, 0.3) is 0 Å². The van der Waals surface area contributed by atoms with Gasteiger partial charge in [-0.1, -0.05) is 5.16 Å². The molecule has 0 spiro atoms. The SMILES string of the molecule is COCCNc1nc(-c2ncc(C)cn2)no1. The van der Waals surface area contributed by atoms with Crippen LogP contribution in [0.1, 0.15) is 5.56 Å². The van der Waals surface area contributed by atoms with Crippen molar-refractivity contribution in [1.29, 1.82) is 0 Å². The summed E-state index contributed by atoms with van der Waals surface area (Å²) >= 11 is 0. The van der Waals surface area contributed by atoms with Gasteiger partial charge in [-0.25, -0.2) is 9.97 Å². The normalized spacial score (nSPS) is 10.5. The number of rotatable bonds is 5. The van der Waals surface area contributed by atoms with E-state index in [0.717, 1.165) is 5.56 Å². The van der Waals surface area contributed by atoms with Crippen LogP contribution in [0.4, 0.5) is 6.01 Å². The van der Waals surface area contributed by atoms with Gasteiger partial charge < -0.3 is 14.6 Å². The van der Waals surface area contributed by atoms with Crippen molar-refractivity contribution in [2.24, 2.45) is 0 Å². The zero-order chi connectivity index (χ0) is 12.1. The summed E-state index contributed by atoms with van der Waals surface area (Å²) in [4.78, 5) is 12.3. The maximum absolute atomic E-state index is 4.99. The molecule has 7 heteroatoms. The maximum Gasteiger partial charge on any atom is 0.321 e. The van der Waals surface area contributed by atoms with Crippen molar-refractivity contribution in [3.63, 3.8) is 0 Å². The Kier molecular flexibility index (Phi) is 3.61. The third kappa shape index (κ3) is 2.97. The van der Waals surface area contributed by atoms with Gasteiger partial charge in [0.15, 0.2) is 0 Å². The first-order valence-electron chi connectivity index (χ1n) is 5.15. The Balaban J connectivity index is 2.04. The number of aryl methyl sites for hydroxylation is 1. The molecule has 0 aliphatic heterocycles. The molecule has 2 aromatic heterocycles. The number of aromatic nitrogens is 4. The predicted molar refractivity (Wildman–Crippen MR) is 60.4 cm³/mol. The van der Waals surface area contributed by atoms with E-state index in [-0.39, 0.29) is 0 Å². The van der Waals surface area contributed by atoms with Crippen LogP contribution in [0.15, 0.2) is 16.9 Å². The number of hydrogen-bond donors (Lipinski definition) is 1. The van der Waals surface area contributed by atoms with E-state index in [9.17, 15) is 0 Å². The lowest BCUT2D eigenvalue weighted by Gasteiger charge is -1.97. The van der Waals surface area contributed by atoms with Crippen LogP contribution in [-0.4, -0.2) is 40.4 Å². The van der Waals surface area contributed by atoms with Crippen LogP contribution in [0.5, 0.6) is 0 Å². The van der Waals surface area contributed by atoms with Gasteiger partial charge in [0.2, 0.25) is 11.6 Å². The van der Waals surface area contributed by atoms with Crippen molar-refractivity contribution >= 4 is 6.01 Å². The smallest absolute Gasteiger partial charge is 0.321 e. The summed E-state index contributed by atoms with van der Waals surface area (Å²) < 4.78 is 9.88. The van der Waals surface area contributed by atoms with Crippen molar-refractivity contribution in [1.82, 2.24) is 20.1 Å². The number of hydrogen-bond acceptors (Lipinski definition) is 7. The van der Waals surface area contributed by atoms with Crippen molar-refractivity contribution in [3.8, 4) is 11.6 Å². The molecule has 2 rings (SSSR count). The summed E-state index contributed by atoms with van der Waals surface area (Å²) in [5.41, 5.74) is 0.982. The Hall–Kier alpha value is -2.02. The molecule has 0 aliphatic carbocycles. The molecule has 1 N–H and O–H groups in total. The molecule has 2 heterocycles. The largest absolute Gasteiger partial charge is 0.383 e. The van der Waals surface area contributed by atoms with Crippen LogP contribution in [0.3, 0.4) is 0 Å². The van der Waals surface area contributed by atoms with Crippen molar-refractivity contribution in [2.75, 3.05) is 25.6 Å². The second-order valence-corrected chi connectivity index (χ2v) is 3.43. The fraction of sp³-hybridized carbons (Fsp3) is 0.400. The molecule has 7 nitrogen and oxygen atoms in total. The Morgan fingerprint density at radius 1 is 1.29 bits per heavy atom. The first kappa shape index (κ1) is 11.5. The highest BCUT2D eigenvalue weighted by atomic mass is 16.5. The first-order chi connectivity index (χ1) is 8.29. The molecule has 0 aromatic carbocycles. The molecule has 0 fully saturated rings. The Morgan fingerprint density at radius 3 is 2.76 bits per heavy atom. The number of anilines is 1. The molecule has 0 radical (unpaired) electrons. The highest BCUT2D eigenvalue weighted by Crippen LogP contribution is 2.12. The minimum atomic E-state index is 0.334. The average Bonchev–Trinajstić information content (AvgIpc) is 2.79. The van der Waals surface area contributed by atoms with Crippen LogP contribution in [-0.2, 0) is 4.74 Å². The number of nitrogens with one attached hydrogen (secondary N) is 1. The second kappa shape index (κ2) is 5.35. The number of ether oxygens (including phenoxy) is 1. The van der Waals surface area contributed by atoms with E-state index in [0.29, 0.717) is 30.8 Å². The lowest BCUT2D eigenvalue weighted by Crippen LogP contribution is -2.07. The quantitative estimate of drug-likeness (QED) is 0.770. The van der Waals surface area contributed by atoms with Crippen molar-refractivity contribution < 1.29 is 9.26 Å². The number of nitrogens with zero attached hydrogens (tertiary/aromatic N) is 4.